The number of aliphatic hydroxyl groups excluding tert-OH is 2. The molecule has 2 atom stereocenters. The lowest BCUT2D eigenvalue weighted by Gasteiger charge is -2.20. The SMILES string of the molecule is CCCCCCCCCCCCCCCCCCCCCCCCCCCCCCCC/C=C/C(O)C(CO)NC(=O)CCCCCCCCCCCCCCCCCCCCCCCCCCCCCCCCCCCCCCC. The second-order valence-electron chi connectivity index (χ2n) is 26.8. The summed E-state index contributed by atoms with van der Waals surface area (Å²) >= 11 is 0. The van der Waals surface area contributed by atoms with Crippen LogP contribution in [0, 0.1) is 0 Å². The minimum atomic E-state index is -0.838. The van der Waals surface area contributed by atoms with E-state index in [9.17, 15) is 15.0 Å². The van der Waals surface area contributed by atoms with Crippen molar-refractivity contribution in [2.45, 2.75) is 469 Å². The second-order valence-corrected chi connectivity index (χ2v) is 26.8. The van der Waals surface area contributed by atoms with Gasteiger partial charge in [0.2, 0.25) is 5.91 Å². The molecule has 1 amide bonds. The first kappa shape index (κ1) is 80.1. The van der Waals surface area contributed by atoms with E-state index in [-0.39, 0.29) is 12.5 Å². The molecule has 4 heteroatoms. The van der Waals surface area contributed by atoms with E-state index in [0.717, 1.165) is 25.7 Å². The number of aliphatic hydroxyl groups is 2. The smallest absolute Gasteiger partial charge is 0.220 e. The predicted octanol–water partition coefficient (Wildman–Crippen LogP) is 26.3. The molecule has 81 heavy (non-hydrogen) atoms. The van der Waals surface area contributed by atoms with Gasteiger partial charge in [-0.25, -0.2) is 0 Å². The van der Waals surface area contributed by atoms with Gasteiger partial charge in [-0.05, 0) is 19.3 Å². The van der Waals surface area contributed by atoms with Gasteiger partial charge in [0.25, 0.3) is 0 Å². The molecule has 0 rings (SSSR count). The average molecular weight is 1140 g/mol. The van der Waals surface area contributed by atoms with Crippen LogP contribution in [0.1, 0.15) is 457 Å². The molecule has 0 aromatic carbocycles. The fourth-order valence-electron chi connectivity index (χ4n) is 12.7. The average Bonchev–Trinajstić information content (AvgIpc) is 3.47. The van der Waals surface area contributed by atoms with Crippen LogP contribution in [0.2, 0.25) is 0 Å². The molecule has 0 aliphatic carbocycles. The fourth-order valence-corrected chi connectivity index (χ4v) is 12.7. The number of carbonyl (C=O) groups excluding carboxylic acids is 1. The largest absolute Gasteiger partial charge is 0.394 e. The number of rotatable bonds is 73. The molecule has 4 nitrogen and oxygen atoms in total. The topological polar surface area (TPSA) is 69.6 Å². The number of unbranched alkanes of at least 4 members (excludes halogenated alkanes) is 66. The van der Waals surface area contributed by atoms with Crippen molar-refractivity contribution in [2.75, 3.05) is 6.61 Å². The summed E-state index contributed by atoms with van der Waals surface area (Å²) < 4.78 is 0. The summed E-state index contributed by atoms with van der Waals surface area (Å²) in [5, 5.41) is 23.4. The Morgan fingerprint density at radius 1 is 0.284 bits per heavy atom. The van der Waals surface area contributed by atoms with Crippen molar-refractivity contribution < 1.29 is 15.0 Å². The predicted molar refractivity (Wildman–Crippen MR) is 364 cm³/mol. The van der Waals surface area contributed by atoms with Crippen molar-refractivity contribution in [1.82, 2.24) is 5.32 Å². The summed E-state index contributed by atoms with van der Waals surface area (Å²) in [5.41, 5.74) is 0. The van der Waals surface area contributed by atoms with E-state index in [1.54, 1.807) is 6.08 Å². The molecule has 2 unspecified atom stereocenters. The summed E-state index contributed by atoms with van der Waals surface area (Å²) in [7, 11) is 0. The molecule has 0 aliphatic heterocycles. The van der Waals surface area contributed by atoms with Crippen LogP contribution in [-0.2, 0) is 4.79 Å². The fraction of sp³-hybridized carbons (Fsp3) is 0.961. The Balaban J connectivity index is 3.37. The van der Waals surface area contributed by atoms with Gasteiger partial charge < -0.3 is 15.5 Å². The van der Waals surface area contributed by atoms with Crippen molar-refractivity contribution in [3.63, 3.8) is 0 Å². The molecule has 0 spiro atoms. The van der Waals surface area contributed by atoms with E-state index in [0.29, 0.717) is 6.42 Å². The van der Waals surface area contributed by atoms with Gasteiger partial charge >= 0.3 is 0 Å². The summed E-state index contributed by atoms with van der Waals surface area (Å²) in [6, 6.07) is -0.620. The Kier molecular flexibility index (Phi) is 72.6. The van der Waals surface area contributed by atoms with E-state index >= 15 is 0 Å². The highest BCUT2D eigenvalue weighted by atomic mass is 16.3. The molecule has 0 fully saturated rings. The first-order valence-corrected chi connectivity index (χ1v) is 38.4. The highest BCUT2D eigenvalue weighted by Crippen LogP contribution is 2.20. The quantitative estimate of drug-likeness (QED) is 0.0420. The van der Waals surface area contributed by atoms with Gasteiger partial charge in [-0.3, -0.25) is 4.79 Å². The van der Waals surface area contributed by atoms with E-state index in [1.807, 2.05) is 6.08 Å². The number of hydrogen-bond acceptors (Lipinski definition) is 3. The van der Waals surface area contributed by atoms with Crippen LogP contribution in [0.3, 0.4) is 0 Å². The van der Waals surface area contributed by atoms with Crippen LogP contribution in [0.5, 0.6) is 0 Å². The van der Waals surface area contributed by atoms with Crippen molar-refractivity contribution >= 4 is 5.91 Å². The van der Waals surface area contributed by atoms with Gasteiger partial charge in [0.15, 0.2) is 0 Å². The van der Waals surface area contributed by atoms with Crippen molar-refractivity contribution in [3.8, 4) is 0 Å². The second kappa shape index (κ2) is 73.4. The van der Waals surface area contributed by atoms with E-state index in [2.05, 4.69) is 19.2 Å². The normalized spacial score (nSPS) is 12.6. The molecule has 0 bridgehead atoms. The maximum absolute atomic E-state index is 12.6. The molecule has 0 aromatic rings. The summed E-state index contributed by atoms with van der Waals surface area (Å²) in [6.45, 7) is 4.37. The van der Waals surface area contributed by atoms with Crippen LogP contribution in [0.25, 0.3) is 0 Å². The Bertz CT molecular complexity index is 1160. The van der Waals surface area contributed by atoms with Gasteiger partial charge in [-0.15, -0.1) is 0 Å². The van der Waals surface area contributed by atoms with Crippen LogP contribution in [-0.4, -0.2) is 34.9 Å². The van der Waals surface area contributed by atoms with Crippen molar-refractivity contribution in [2.24, 2.45) is 0 Å². The monoisotopic (exact) mass is 1140 g/mol. The van der Waals surface area contributed by atoms with E-state index < -0.39 is 12.1 Å². The van der Waals surface area contributed by atoms with Crippen LogP contribution in [0.15, 0.2) is 12.2 Å². The van der Waals surface area contributed by atoms with Crippen molar-refractivity contribution in [3.05, 3.63) is 12.2 Å². The molecule has 0 radical (unpaired) electrons. The van der Waals surface area contributed by atoms with Gasteiger partial charge in [0.05, 0.1) is 18.8 Å². The molecule has 0 saturated heterocycles. The molecular weight excluding hydrogens is 987 g/mol. The number of hydrogen-bond donors (Lipinski definition) is 3. The molecule has 0 heterocycles. The first-order valence-electron chi connectivity index (χ1n) is 38.4. The third-order valence-corrected chi connectivity index (χ3v) is 18.5. The Morgan fingerprint density at radius 3 is 0.642 bits per heavy atom. The molecule has 0 aromatic heterocycles. The zero-order valence-electron chi connectivity index (χ0n) is 56.1. The van der Waals surface area contributed by atoms with Crippen molar-refractivity contribution in [1.29, 1.82) is 0 Å². The number of amides is 1. The zero-order chi connectivity index (χ0) is 58.4. The lowest BCUT2D eigenvalue weighted by Crippen LogP contribution is -2.45. The zero-order valence-corrected chi connectivity index (χ0v) is 56.1. The van der Waals surface area contributed by atoms with Crippen LogP contribution in [0.4, 0.5) is 0 Å². The Labute approximate surface area is 511 Å². The van der Waals surface area contributed by atoms with Crippen LogP contribution < -0.4 is 5.32 Å². The summed E-state index contributed by atoms with van der Waals surface area (Å²) in [6.07, 6.45) is 99.2. The van der Waals surface area contributed by atoms with Gasteiger partial charge in [-0.2, -0.15) is 0 Å². The molecule has 0 aliphatic rings. The molecule has 484 valence electrons. The van der Waals surface area contributed by atoms with E-state index in [4.69, 9.17) is 0 Å². The standard InChI is InChI=1S/C77H153NO3/c1-3-5-7-9-11-13-15-17-19-21-23-25-27-29-31-33-35-37-38-39-40-41-43-45-47-49-51-53-55-57-59-61-63-65-67-69-71-73-77(81)78-75(74-79)76(80)72-70-68-66-64-62-60-58-56-54-52-50-48-46-44-42-36-34-32-30-28-26-24-22-20-18-16-14-12-10-8-6-4-2/h70,72,75-76,79-80H,3-69,71,73-74H2,1-2H3,(H,78,81)/b72-70+. The third-order valence-electron chi connectivity index (χ3n) is 18.5. The maximum atomic E-state index is 12.6. The number of carbonyl (C=O) groups is 1. The minimum Gasteiger partial charge on any atom is -0.394 e. The van der Waals surface area contributed by atoms with Gasteiger partial charge in [0, 0.05) is 6.42 Å². The lowest BCUT2D eigenvalue weighted by atomic mass is 10.0. The number of nitrogens with one attached hydrogen (secondary N) is 1. The number of allylic oxidation sites excluding steroid dienone is 1. The molecule has 3 N–H and O–H groups in total. The van der Waals surface area contributed by atoms with Gasteiger partial charge in [-0.1, -0.05) is 443 Å². The molecular formula is C77H153NO3. The van der Waals surface area contributed by atoms with Gasteiger partial charge in [0.1, 0.15) is 0 Å². The summed E-state index contributed by atoms with van der Waals surface area (Å²) in [5.74, 6) is -0.0520. The Morgan fingerprint density at radius 2 is 0.457 bits per heavy atom. The molecule has 0 saturated carbocycles. The van der Waals surface area contributed by atoms with E-state index in [1.165, 1.54) is 411 Å². The Hall–Kier alpha value is -0.870. The third kappa shape index (κ3) is 69.8. The maximum Gasteiger partial charge on any atom is 0.220 e. The van der Waals surface area contributed by atoms with Crippen LogP contribution >= 0.6 is 0 Å². The highest BCUT2D eigenvalue weighted by Gasteiger charge is 2.18. The lowest BCUT2D eigenvalue weighted by molar-refractivity contribution is -0.123. The summed E-state index contributed by atoms with van der Waals surface area (Å²) in [4.78, 5) is 12.6. The highest BCUT2D eigenvalue weighted by molar-refractivity contribution is 5.76. The minimum absolute atomic E-state index is 0.0520. The first-order chi connectivity index (χ1) is 40.2.